The maximum Gasteiger partial charge on any atom is 0.238 e. The molecule has 2 rings (SSSR count). The molecule has 1 aromatic rings. The molecule has 1 fully saturated rings. The first-order valence-corrected chi connectivity index (χ1v) is 6.40. The Morgan fingerprint density at radius 3 is 3.28 bits per heavy atom. The zero-order chi connectivity index (χ0) is 13.0. The second kappa shape index (κ2) is 6.13. The minimum absolute atomic E-state index is 0.0568. The molecule has 0 saturated carbocycles. The Morgan fingerprint density at radius 1 is 1.72 bits per heavy atom. The molecule has 1 aromatic heterocycles. The topological polar surface area (TPSA) is 57.3 Å². The molecule has 2 N–H and O–H groups in total. The van der Waals surface area contributed by atoms with E-state index in [-0.39, 0.29) is 5.91 Å². The van der Waals surface area contributed by atoms with Gasteiger partial charge in [-0.1, -0.05) is 11.6 Å². The number of nitrogens with zero attached hydrogens (tertiary/aromatic N) is 2. The van der Waals surface area contributed by atoms with E-state index < -0.39 is 0 Å². The maximum absolute atomic E-state index is 11.9. The molecule has 6 heteroatoms. The zero-order valence-electron chi connectivity index (χ0n) is 10.3. The van der Waals surface area contributed by atoms with E-state index in [0.717, 1.165) is 19.6 Å². The van der Waals surface area contributed by atoms with Crippen LogP contribution in [0.1, 0.15) is 6.92 Å². The summed E-state index contributed by atoms with van der Waals surface area (Å²) in [4.78, 5) is 18.0. The minimum atomic E-state index is -0.0568. The number of amides is 1. The summed E-state index contributed by atoms with van der Waals surface area (Å²) in [6.07, 6.45) is 1.59. The number of carbonyl (C=O) groups excluding carboxylic acids is 1. The van der Waals surface area contributed by atoms with Gasteiger partial charge in [-0.25, -0.2) is 4.98 Å². The lowest BCUT2D eigenvalue weighted by molar-refractivity contribution is -0.118. The number of carbonyl (C=O) groups is 1. The lowest BCUT2D eigenvalue weighted by Crippen LogP contribution is -2.52. The first-order valence-electron chi connectivity index (χ1n) is 6.02. The normalized spacial score (nSPS) is 20.7. The molecule has 1 amide bonds. The molecule has 18 heavy (non-hydrogen) atoms. The molecule has 1 aliphatic rings. The van der Waals surface area contributed by atoms with Crippen molar-refractivity contribution in [3.8, 4) is 0 Å². The van der Waals surface area contributed by atoms with Gasteiger partial charge < -0.3 is 10.6 Å². The number of anilines is 1. The third-order valence-electron chi connectivity index (χ3n) is 3.02. The first-order chi connectivity index (χ1) is 8.66. The highest BCUT2D eigenvalue weighted by Crippen LogP contribution is 2.17. The fraction of sp³-hybridized carbons (Fsp3) is 0.500. The Bertz CT molecular complexity index is 426. The van der Waals surface area contributed by atoms with Gasteiger partial charge in [-0.05, 0) is 19.1 Å². The van der Waals surface area contributed by atoms with E-state index in [1.54, 1.807) is 18.3 Å². The smallest absolute Gasteiger partial charge is 0.238 e. The Morgan fingerprint density at radius 2 is 2.56 bits per heavy atom. The highest BCUT2D eigenvalue weighted by atomic mass is 35.5. The van der Waals surface area contributed by atoms with Crippen LogP contribution in [0.4, 0.5) is 5.69 Å². The van der Waals surface area contributed by atoms with Crippen molar-refractivity contribution in [2.24, 2.45) is 0 Å². The molecule has 0 bridgehead atoms. The number of aromatic nitrogens is 1. The Balaban J connectivity index is 1.90. The summed E-state index contributed by atoms with van der Waals surface area (Å²) in [5, 5.41) is 6.39. The summed E-state index contributed by atoms with van der Waals surface area (Å²) in [6.45, 7) is 5.21. The molecule has 2 heterocycles. The summed E-state index contributed by atoms with van der Waals surface area (Å²) in [5.74, 6) is -0.0568. The van der Waals surface area contributed by atoms with Gasteiger partial charge in [-0.15, -0.1) is 0 Å². The quantitative estimate of drug-likeness (QED) is 0.802. The molecule has 98 valence electrons. The van der Waals surface area contributed by atoms with Crippen LogP contribution in [-0.4, -0.2) is 48.0 Å². The second-order valence-corrected chi connectivity index (χ2v) is 4.77. The van der Waals surface area contributed by atoms with Crippen molar-refractivity contribution in [2.75, 3.05) is 31.5 Å². The van der Waals surface area contributed by atoms with E-state index in [2.05, 4.69) is 27.4 Å². The molecule has 0 radical (unpaired) electrons. The van der Waals surface area contributed by atoms with Gasteiger partial charge in [0.25, 0.3) is 0 Å². The molecular formula is C12H17ClN4O. The summed E-state index contributed by atoms with van der Waals surface area (Å²) < 4.78 is 0. The highest BCUT2D eigenvalue weighted by Gasteiger charge is 2.20. The molecule has 1 aliphatic heterocycles. The van der Waals surface area contributed by atoms with Gasteiger partial charge in [0.2, 0.25) is 5.91 Å². The van der Waals surface area contributed by atoms with Gasteiger partial charge >= 0.3 is 0 Å². The first kappa shape index (κ1) is 13.3. The zero-order valence-corrected chi connectivity index (χ0v) is 11.1. The van der Waals surface area contributed by atoms with Crippen molar-refractivity contribution >= 4 is 23.2 Å². The second-order valence-electron chi connectivity index (χ2n) is 4.41. The van der Waals surface area contributed by atoms with Crippen LogP contribution in [-0.2, 0) is 4.79 Å². The van der Waals surface area contributed by atoms with Crippen LogP contribution in [0.3, 0.4) is 0 Å². The molecule has 0 aliphatic carbocycles. The van der Waals surface area contributed by atoms with Gasteiger partial charge in [-0.2, -0.15) is 0 Å². The number of pyridine rings is 1. The maximum atomic E-state index is 11.9. The number of hydrogen-bond acceptors (Lipinski definition) is 4. The fourth-order valence-electron chi connectivity index (χ4n) is 1.97. The number of hydrogen-bond donors (Lipinski definition) is 2. The molecule has 1 saturated heterocycles. The number of halogens is 1. The van der Waals surface area contributed by atoms with E-state index in [9.17, 15) is 4.79 Å². The Labute approximate surface area is 112 Å². The van der Waals surface area contributed by atoms with Crippen LogP contribution >= 0.6 is 11.6 Å². The highest BCUT2D eigenvalue weighted by molar-refractivity contribution is 6.32. The van der Waals surface area contributed by atoms with Crippen LogP contribution in [0.2, 0.25) is 5.15 Å². The third-order valence-corrected chi connectivity index (χ3v) is 3.32. The van der Waals surface area contributed by atoms with E-state index in [0.29, 0.717) is 23.4 Å². The van der Waals surface area contributed by atoms with Crippen LogP contribution in [0, 0.1) is 0 Å². The molecule has 5 nitrogen and oxygen atoms in total. The third kappa shape index (κ3) is 3.41. The standard InChI is InChI=1S/C12H17ClN4O/c1-9-7-14-5-6-17(9)8-11(18)16-10-3-2-4-15-12(10)13/h2-4,9,14H,5-8H2,1H3,(H,16,18)/t9-/m0/s1. The number of rotatable bonds is 3. The van der Waals surface area contributed by atoms with Crippen molar-refractivity contribution < 1.29 is 4.79 Å². The lowest BCUT2D eigenvalue weighted by Gasteiger charge is -2.33. The number of piperazine rings is 1. The van der Waals surface area contributed by atoms with Crippen molar-refractivity contribution in [1.82, 2.24) is 15.2 Å². The number of nitrogens with one attached hydrogen (secondary N) is 2. The lowest BCUT2D eigenvalue weighted by atomic mass is 10.2. The summed E-state index contributed by atoms with van der Waals surface area (Å²) in [6, 6.07) is 3.86. The molecule has 1 atom stereocenters. The van der Waals surface area contributed by atoms with Crippen molar-refractivity contribution in [3.05, 3.63) is 23.5 Å². The van der Waals surface area contributed by atoms with E-state index in [1.807, 2.05) is 0 Å². The van der Waals surface area contributed by atoms with Crippen LogP contribution in [0.5, 0.6) is 0 Å². The van der Waals surface area contributed by atoms with Crippen LogP contribution in [0.15, 0.2) is 18.3 Å². The van der Waals surface area contributed by atoms with Crippen molar-refractivity contribution in [2.45, 2.75) is 13.0 Å². The van der Waals surface area contributed by atoms with Gasteiger partial charge in [-0.3, -0.25) is 9.69 Å². The van der Waals surface area contributed by atoms with Crippen LogP contribution < -0.4 is 10.6 Å². The largest absolute Gasteiger partial charge is 0.322 e. The predicted molar refractivity (Wildman–Crippen MR) is 71.8 cm³/mol. The minimum Gasteiger partial charge on any atom is -0.322 e. The van der Waals surface area contributed by atoms with Gasteiger partial charge in [0.1, 0.15) is 0 Å². The van der Waals surface area contributed by atoms with E-state index >= 15 is 0 Å². The fourth-order valence-corrected chi connectivity index (χ4v) is 2.14. The monoisotopic (exact) mass is 268 g/mol. The van der Waals surface area contributed by atoms with Crippen LogP contribution in [0.25, 0.3) is 0 Å². The Kier molecular flexibility index (Phi) is 4.52. The molecular weight excluding hydrogens is 252 g/mol. The van der Waals surface area contributed by atoms with Crippen molar-refractivity contribution in [3.63, 3.8) is 0 Å². The van der Waals surface area contributed by atoms with Crippen molar-refractivity contribution in [1.29, 1.82) is 0 Å². The molecule has 0 spiro atoms. The van der Waals surface area contributed by atoms with E-state index in [1.165, 1.54) is 0 Å². The summed E-state index contributed by atoms with van der Waals surface area (Å²) in [5.41, 5.74) is 0.562. The predicted octanol–water partition coefficient (Wildman–Crippen LogP) is 0.967. The summed E-state index contributed by atoms with van der Waals surface area (Å²) >= 11 is 5.89. The average molecular weight is 269 g/mol. The summed E-state index contributed by atoms with van der Waals surface area (Å²) in [7, 11) is 0. The van der Waals surface area contributed by atoms with Gasteiger partial charge in [0.15, 0.2) is 5.15 Å². The average Bonchev–Trinajstić information content (AvgIpc) is 2.35. The molecule has 0 unspecified atom stereocenters. The Hall–Kier alpha value is -1.17. The van der Waals surface area contributed by atoms with Gasteiger partial charge in [0.05, 0.1) is 12.2 Å². The van der Waals surface area contributed by atoms with Gasteiger partial charge in [0, 0.05) is 31.9 Å². The molecule has 0 aromatic carbocycles. The van der Waals surface area contributed by atoms with E-state index in [4.69, 9.17) is 11.6 Å². The SMILES string of the molecule is C[C@H]1CNCCN1CC(=O)Nc1cccnc1Cl.